The first-order chi connectivity index (χ1) is 12.5. The number of rotatable bonds is 3. The number of sulfone groups is 1. The number of anilines is 1. The molecule has 0 unspecified atom stereocenters. The summed E-state index contributed by atoms with van der Waals surface area (Å²) in [6, 6.07) is 9.87. The number of nitrogens with zero attached hydrogens (tertiary/aromatic N) is 4. The highest BCUT2D eigenvalue weighted by Crippen LogP contribution is 2.23. The van der Waals surface area contributed by atoms with Crippen molar-refractivity contribution in [3.63, 3.8) is 0 Å². The Morgan fingerprint density at radius 3 is 2.50 bits per heavy atom. The van der Waals surface area contributed by atoms with E-state index in [0.29, 0.717) is 6.42 Å². The monoisotopic (exact) mass is 392 g/mol. The molecule has 6 nitrogen and oxygen atoms in total. The van der Waals surface area contributed by atoms with Crippen LogP contribution in [0.25, 0.3) is 0 Å². The molecule has 0 aliphatic carbocycles. The van der Waals surface area contributed by atoms with Gasteiger partial charge in [-0.1, -0.05) is 23.7 Å². The van der Waals surface area contributed by atoms with Crippen molar-refractivity contribution in [3.8, 4) is 0 Å². The molecule has 0 atom stereocenters. The number of aryl methyl sites for hydroxylation is 1. The molecule has 0 spiro atoms. The fourth-order valence-corrected chi connectivity index (χ4v) is 4.98. The first-order valence-electron chi connectivity index (χ1n) is 8.76. The molecule has 1 aromatic carbocycles. The fraction of sp³-hybridized carbons (Fsp3) is 0.444. The SMILES string of the molecule is O=S1(=O)CCc2nnc(N3CCN(Cc4ccc(Cl)cc4)CC3)cc2C1. The van der Waals surface area contributed by atoms with Crippen LogP contribution >= 0.6 is 11.6 Å². The van der Waals surface area contributed by atoms with Gasteiger partial charge in [0, 0.05) is 44.2 Å². The van der Waals surface area contributed by atoms with Crippen LogP contribution in [0, 0.1) is 0 Å². The molecule has 2 aromatic rings. The van der Waals surface area contributed by atoms with E-state index < -0.39 is 9.84 Å². The summed E-state index contributed by atoms with van der Waals surface area (Å²) in [6.07, 6.45) is 0.472. The highest BCUT2D eigenvalue weighted by atomic mass is 35.5. The third kappa shape index (κ3) is 4.00. The lowest BCUT2D eigenvalue weighted by atomic mass is 10.1. The smallest absolute Gasteiger partial charge is 0.154 e. The van der Waals surface area contributed by atoms with Crippen molar-refractivity contribution in [2.24, 2.45) is 0 Å². The molecule has 3 heterocycles. The summed E-state index contributed by atoms with van der Waals surface area (Å²) < 4.78 is 23.7. The third-order valence-electron chi connectivity index (χ3n) is 4.99. The molecule has 2 aliphatic heterocycles. The van der Waals surface area contributed by atoms with E-state index in [1.54, 1.807) is 0 Å². The summed E-state index contributed by atoms with van der Waals surface area (Å²) in [4.78, 5) is 4.59. The number of hydrogen-bond acceptors (Lipinski definition) is 6. The molecular formula is C18H21ClN4O2S. The zero-order valence-corrected chi connectivity index (χ0v) is 16.0. The maximum Gasteiger partial charge on any atom is 0.154 e. The summed E-state index contributed by atoms with van der Waals surface area (Å²) >= 11 is 5.94. The second-order valence-corrected chi connectivity index (χ2v) is 9.53. The van der Waals surface area contributed by atoms with Crippen LogP contribution in [0.5, 0.6) is 0 Å². The van der Waals surface area contributed by atoms with Gasteiger partial charge in [0.25, 0.3) is 0 Å². The predicted molar refractivity (Wildman–Crippen MR) is 102 cm³/mol. The Morgan fingerprint density at radius 2 is 1.77 bits per heavy atom. The topological polar surface area (TPSA) is 66.4 Å². The van der Waals surface area contributed by atoms with Crippen LogP contribution in [0.2, 0.25) is 5.02 Å². The van der Waals surface area contributed by atoms with E-state index in [4.69, 9.17) is 11.6 Å². The number of benzene rings is 1. The molecule has 0 radical (unpaired) electrons. The second kappa shape index (κ2) is 7.13. The Labute approximate surface area is 158 Å². The molecule has 1 aromatic heterocycles. The third-order valence-corrected chi connectivity index (χ3v) is 6.82. The molecule has 0 bridgehead atoms. The summed E-state index contributed by atoms with van der Waals surface area (Å²) in [5.41, 5.74) is 2.89. The van der Waals surface area contributed by atoms with Crippen molar-refractivity contribution in [2.45, 2.75) is 18.7 Å². The first kappa shape index (κ1) is 17.7. The Hall–Kier alpha value is -1.70. The predicted octanol–water partition coefficient (Wildman–Crippen LogP) is 1.92. The average molecular weight is 393 g/mol. The van der Waals surface area contributed by atoms with Crippen LogP contribution in [0.4, 0.5) is 5.82 Å². The minimum absolute atomic E-state index is 0.0847. The minimum atomic E-state index is -2.99. The number of fused-ring (bicyclic) bond motifs is 1. The summed E-state index contributed by atoms with van der Waals surface area (Å²) in [5, 5.41) is 9.36. The van der Waals surface area contributed by atoms with Gasteiger partial charge in [0.15, 0.2) is 15.7 Å². The molecule has 1 fully saturated rings. The molecule has 138 valence electrons. The molecule has 4 rings (SSSR count). The van der Waals surface area contributed by atoms with Crippen molar-refractivity contribution in [1.82, 2.24) is 15.1 Å². The van der Waals surface area contributed by atoms with Gasteiger partial charge in [0.05, 0.1) is 17.2 Å². The molecule has 0 amide bonds. The number of aromatic nitrogens is 2. The van der Waals surface area contributed by atoms with Crippen molar-refractivity contribution < 1.29 is 8.42 Å². The average Bonchev–Trinajstić information content (AvgIpc) is 2.63. The van der Waals surface area contributed by atoms with E-state index in [0.717, 1.165) is 54.8 Å². The van der Waals surface area contributed by atoms with Gasteiger partial charge < -0.3 is 4.90 Å². The van der Waals surface area contributed by atoms with Crippen LogP contribution in [0.3, 0.4) is 0 Å². The largest absolute Gasteiger partial charge is 0.353 e. The van der Waals surface area contributed by atoms with Crippen LogP contribution in [-0.2, 0) is 28.6 Å². The maximum absolute atomic E-state index is 11.9. The Kier molecular flexibility index (Phi) is 4.86. The summed E-state index contributed by atoms with van der Waals surface area (Å²) in [7, 11) is -2.99. The second-order valence-electron chi connectivity index (χ2n) is 6.91. The first-order valence-corrected chi connectivity index (χ1v) is 11.0. The number of halogens is 1. The van der Waals surface area contributed by atoms with Crippen LogP contribution in [0.15, 0.2) is 30.3 Å². The Balaban J connectivity index is 1.40. The zero-order chi connectivity index (χ0) is 18.1. The molecule has 8 heteroatoms. The molecule has 0 N–H and O–H groups in total. The zero-order valence-electron chi connectivity index (χ0n) is 14.4. The van der Waals surface area contributed by atoms with E-state index in [1.165, 1.54) is 5.56 Å². The van der Waals surface area contributed by atoms with Gasteiger partial charge in [0.1, 0.15) is 0 Å². The standard InChI is InChI=1S/C18H21ClN4O2S/c19-16-3-1-14(2-4-16)12-22-6-8-23(9-7-22)18-11-15-13-26(24,25)10-5-17(15)20-21-18/h1-4,11H,5-10,12-13H2. The van der Waals surface area contributed by atoms with E-state index in [-0.39, 0.29) is 11.5 Å². The van der Waals surface area contributed by atoms with E-state index in [2.05, 4.69) is 32.1 Å². The number of hydrogen-bond donors (Lipinski definition) is 0. The Morgan fingerprint density at radius 1 is 1.04 bits per heavy atom. The number of piperazine rings is 1. The maximum atomic E-state index is 11.9. The van der Waals surface area contributed by atoms with E-state index in [1.807, 2.05) is 18.2 Å². The van der Waals surface area contributed by atoms with Gasteiger partial charge in [-0.3, -0.25) is 4.90 Å². The van der Waals surface area contributed by atoms with Gasteiger partial charge in [0.2, 0.25) is 0 Å². The molecular weight excluding hydrogens is 372 g/mol. The van der Waals surface area contributed by atoms with E-state index in [9.17, 15) is 8.42 Å². The van der Waals surface area contributed by atoms with Gasteiger partial charge in [-0.2, -0.15) is 5.10 Å². The minimum Gasteiger partial charge on any atom is -0.353 e. The van der Waals surface area contributed by atoms with Gasteiger partial charge >= 0.3 is 0 Å². The Bertz CT molecular complexity index is 894. The normalized spacial score (nSPS) is 20.0. The molecule has 26 heavy (non-hydrogen) atoms. The van der Waals surface area contributed by atoms with Crippen LogP contribution < -0.4 is 4.90 Å². The summed E-state index contributed by atoms with van der Waals surface area (Å²) in [6.45, 7) is 4.47. The van der Waals surface area contributed by atoms with Crippen molar-refractivity contribution in [2.75, 3.05) is 36.8 Å². The lowest BCUT2D eigenvalue weighted by molar-refractivity contribution is 0.249. The molecule has 2 aliphatic rings. The van der Waals surface area contributed by atoms with Crippen molar-refractivity contribution in [1.29, 1.82) is 0 Å². The van der Waals surface area contributed by atoms with Crippen LogP contribution in [0.1, 0.15) is 16.8 Å². The van der Waals surface area contributed by atoms with Crippen molar-refractivity contribution >= 4 is 27.3 Å². The molecule has 0 saturated carbocycles. The lowest BCUT2D eigenvalue weighted by Gasteiger charge is -2.35. The van der Waals surface area contributed by atoms with Gasteiger partial charge in [-0.05, 0) is 29.3 Å². The van der Waals surface area contributed by atoms with Crippen LogP contribution in [-0.4, -0.2) is 55.4 Å². The summed E-state index contributed by atoms with van der Waals surface area (Å²) in [5.74, 6) is 1.05. The van der Waals surface area contributed by atoms with Gasteiger partial charge in [-0.15, -0.1) is 5.10 Å². The highest BCUT2D eigenvalue weighted by molar-refractivity contribution is 7.90. The van der Waals surface area contributed by atoms with E-state index >= 15 is 0 Å². The fourth-order valence-electron chi connectivity index (χ4n) is 3.48. The quantitative estimate of drug-likeness (QED) is 0.795. The lowest BCUT2D eigenvalue weighted by Crippen LogP contribution is -2.46. The molecule has 1 saturated heterocycles. The highest BCUT2D eigenvalue weighted by Gasteiger charge is 2.25. The van der Waals surface area contributed by atoms with Crippen molar-refractivity contribution in [3.05, 3.63) is 52.2 Å². The van der Waals surface area contributed by atoms with Gasteiger partial charge in [-0.25, -0.2) is 8.42 Å².